The van der Waals surface area contributed by atoms with Gasteiger partial charge in [-0.05, 0) is 62.6 Å². The summed E-state index contributed by atoms with van der Waals surface area (Å²) in [6, 6.07) is 11.7. The van der Waals surface area contributed by atoms with Gasteiger partial charge in [0.05, 0.1) is 12.2 Å². The number of carbonyl (C=O) groups is 2. The number of amides is 2. The molecular formula is C25H29N5O2S. The minimum absolute atomic E-state index is 0.0730. The summed E-state index contributed by atoms with van der Waals surface area (Å²) in [4.78, 5) is 25.0. The Morgan fingerprint density at radius 2 is 1.76 bits per heavy atom. The average molecular weight is 464 g/mol. The summed E-state index contributed by atoms with van der Waals surface area (Å²) < 4.78 is 1.81. The third kappa shape index (κ3) is 6.55. The molecule has 0 spiro atoms. The van der Waals surface area contributed by atoms with E-state index in [0.717, 1.165) is 28.1 Å². The lowest BCUT2D eigenvalue weighted by atomic mass is 10.1. The lowest BCUT2D eigenvalue weighted by Crippen LogP contribution is -2.18. The molecule has 0 fully saturated rings. The zero-order chi connectivity index (χ0) is 24.0. The van der Waals surface area contributed by atoms with Crippen molar-refractivity contribution in [1.29, 1.82) is 0 Å². The number of nitrogens with zero attached hydrogens (tertiary/aromatic N) is 3. The number of nitrogens with one attached hydrogen (secondary N) is 2. The molecule has 0 aliphatic heterocycles. The summed E-state index contributed by atoms with van der Waals surface area (Å²) in [6.07, 6.45) is 1.79. The maximum atomic E-state index is 12.6. The van der Waals surface area contributed by atoms with Crippen LogP contribution < -0.4 is 10.6 Å². The molecule has 0 saturated heterocycles. The lowest BCUT2D eigenvalue weighted by Gasteiger charge is -2.10. The van der Waals surface area contributed by atoms with Crippen molar-refractivity contribution in [2.45, 2.75) is 45.8 Å². The van der Waals surface area contributed by atoms with E-state index in [0.29, 0.717) is 17.5 Å². The highest BCUT2D eigenvalue weighted by molar-refractivity contribution is 7.99. The summed E-state index contributed by atoms with van der Waals surface area (Å²) in [5, 5.41) is 14.8. The first-order valence-electron chi connectivity index (χ1n) is 10.7. The van der Waals surface area contributed by atoms with Gasteiger partial charge >= 0.3 is 0 Å². The molecule has 33 heavy (non-hydrogen) atoms. The van der Waals surface area contributed by atoms with Crippen LogP contribution in [0.1, 0.15) is 28.1 Å². The summed E-state index contributed by atoms with van der Waals surface area (Å²) in [6.45, 7) is 12.2. The highest BCUT2D eigenvalue weighted by atomic mass is 32.2. The molecule has 0 saturated carbocycles. The van der Waals surface area contributed by atoms with Crippen molar-refractivity contribution in [2.24, 2.45) is 0 Å². The average Bonchev–Trinajstić information content (AvgIpc) is 3.13. The maximum Gasteiger partial charge on any atom is 0.234 e. The van der Waals surface area contributed by atoms with Gasteiger partial charge in [-0.25, -0.2) is 0 Å². The summed E-state index contributed by atoms with van der Waals surface area (Å²) in [5.41, 5.74) is 5.98. The quantitative estimate of drug-likeness (QED) is 0.357. The topological polar surface area (TPSA) is 88.9 Å². The fourth-order valence-corrected chi connectivity index (χ4v) is 4.07. The third-order valence-electron chi connectivity index (χ3n) is 5.20. The van der Waals surface area contributed by atoms with E-state index in [-0.39, 0.29) is 24.0 Å². The van der Waals surface area contributed by atoms with Crippen molar-refractivity contribution in [3.8, 4) is 0 Å². The molecule has 172 valence electrons. The van der Waals surface area contributed by atoms with Crippen molar-refractivity contribution in [3.05, 3.63) is 77.1 Å². The van der Waals surface area contributed by atoms with Crippen LogP contribution in [0.3, 0.4) is 0 Å². The van der Waals surface area contributed by atoms with Gasteiger partial charge < -0.3 is 15.2 Å². The van der Waals surface area contributed by atoms with Gasteiger partial charge in [-0.1, -0.05) is 41.6 Å². The molecule has 1 aromatic heterocycles. The number of rotatable bonds is 9. The monoisotopic (exact) mass is 463 g/mol. The molecule has 2 amide bonds. The van der Waals surface area contributed by atoms with E-state index in [9.17, 15) is 9.59 Å². The van der Waals surface area contributed by atoms with E-state index in [1.807, 2.05) is 68.7 Å². The molecule has 0 aliphatic rings. The van der Waals surface area contributed by atoms with Crippen LogP contribution in [0.25, 0.3) is 0 Å². The smallest absolute Gasteiger partial charge is 0.234 e. The number of thioether (sulfide) groups is 1. The van der Waals surface area contributed by atoms with E-state index in [1.54, 1.807) is 6.08 Å². The van der Waals surface area contributed by atoms with Gasteiger partial charge in [-0.3, -0.25) is 9.59 Å². The minimum atomic E-state index is -0.177. The number of aromatic nitrogens is 3. The van der Waals surface area contributed by atoms with Gasteiger partial charge in [0.1, 0.15) is 5.82 Å². The third-order valence-corrected chi connectivity index (χ3v) is 6.17. The second kappa shape index (κ2) is 11.0. The Balaban J connectivity index is 1.63. The van der Waals surface area contributed by atoms with Crippen LogP contribution in [0, 0.1) is 27.7 Å². The Morgan fingerprint density at radius 3 is 2.45 bits per heavy atom. The van der Waals surface area contributed by atoms with Gasteiger partial charge in [0.15, 0.2) is 5.16 Å². The molecule has 0 bridgehead atoms. The fourth-order valence-electron chi connectivity index (χ4n) is 3.31. The molecule has 1 heterocycles. The Hall–Kier alpha value is -3.39. The predicted molar refractivity (Wildman–Crippen MR) is 134 cm³/mol. The van der Waals surface area contributed by atoms with Crippen LogP contribution in [0.15, 0.2) is 54.2 Å². The van der Waals surface area contributed by atoms with Crippen molar-refractivity contribution < 1.29 is 9.59 Å². The number of anilines is 2. The largest absolute Gasteiger partial charge is 0.325 e. The Labute approximate surface area is 198 Å². The van der Waals surface area contributed by atoms with Crippen LogP contribution in [-0.4, -0.2) is 32.3 Å². The Kier molecular flexibility index (Phi) is 8.06. The van der Waals surface area contributed by atoms with Crippen molar-refractivity contribution in [1.82, 2.24) is 14.8 Å². The fraction of sp³-hybridized carbons (Fsp3) is 0.280. The van der Waals surface area contributed by atoms with Crippen molar-refractivity contribution in [3.63, 3.8) is 0 Å². The van der Waals surface area contributed by atoms with Crippen LogP contribution in [0.5, 0.6) is 0 Å². The van der Waals surface area contributed by atoms with Crippen LogP contribution in [0.2, 0.25) is 0 Å². The summed E-state index contributed by atoms with van der Waals surface area (Å²) in [7, 11) is 0. The zero-order valence-corrected chi connectivity index (χ0v) is 20.3. The standard InChI is InChI=1S/C25H29N5O2S/c1-6-11-30-22(14-23(31)27-21-10-7-16(2)12-19(21)5)28-29-25(30)33-15-24(32)26-20-9-8-17(3)18(4)13-20/h6-10,12-13H,1,11,14-15H2,2-5H3,(H,26,32)(H,27,31). The van der Waals surface area contributed by atoms with E-state index < -0.39 is 0 Å². The van der Waals surface area contributed by atoms with E-state index in [2.05, 4.69) is 27.4 Å². The predicted octanol–water partition coefficient (Wildman–Crippen LogP) is 4.61. The summed E-state index contributed by atoms with van der Waals surface area (Å²) in [5.74, 6) is 0.389. The second-order valence-electron chi connectivity index (χ2n) is 7.98. The number of aryl methyl sites for hydroxylation is 4. The molecule has 2 N–H and O–H groups in total. The minimum Gasteiger partial charge on any atom is -0.325 e. The molecule has 0 atom stereocenters. The van der Waals surface area contributed by atoms with Gasteiger partial charge in [-0.2, -0.15) is 0 Å². The summed E-state index contributed by atoms with van der Waals surface area (Å²) >= 11 is 1.28. The Morgan fingerprint density at radius 1 is 0.970 bits per heavy atom. The first-order chi connectivity index (χ1) is 15.8. The normalized spacial score (nSPS) is 10.7. The SMILES string of the molecule is C=CCn1c(CC(=O)Nc2ccc(C)cc2C)nnc1SCC(=O)Nc1ccc(C)c(C)c1. The Bertz CT molecular complexity index is 1190. The zero-order valence-electron chi connectivity index (χ0n) is 19.4. The molecule has 7 nitrogen and oxygen atoms in total. The highest BCUT2D eigenvalue weighted by Crippen LogP contribution is 2.20. The number of hydrogen-bond donors (Lipinski definition) is 2. The van der Waals surface area contributed by atoms with Gasteiger partial charge in [0.2, 0.25) is 11.8 Å². The molecule has 3 rings (SSSR count). The van der Waals surface area contributed by atoms with Crippen LogP contribution >= 0.6 is 11.8 Å². The molecule has 0 radical (unpaired) electrons. The number of benzene rings is 2. The maximum absolute atomic E-state index is 12.6. The first kappa shape index (κ1) is 24.3. The number of allylic oxidation sites excluding steroid dienone is 1. The van der Waals surface area contributed by atoms with Crippen LogP contribution in [-0.2, 0) is 22.6 Å². The lowest BCUT2D eigenvalue weighted by molar-refractivity contribution is -0.116. The second-order valence-corrected chi connectivity index (χ2v) is 8.92. The van der Waals surface area contributed by atoms with E-state index in [1.165, 1.54) is 17.3 Å². The van der Waals surface area contributed by atoms with Crippen LogP contribution in [0.4, 0.5) is 11.4 Å². The van der Waals surface area contributed by atoms with E-state index in [4.69, 9.17) is 0 Å². The van der Waals surface area contributed by atoms with E-state index >= 15 is 0 Å². The molecule has 2 aromatic carbocycles. The molecule has 0 unspecified atom stereocenters. The molecule has 3 aromatic rings. The molecule has 0 aliphatic carbocycles. The molecular weight excluding hydrogens is 434 g/mol. The molecule has 8 heteroatoms. The van der Waals surface area contributed by atoms with Gasteiger partial charge in [-0.15, -0.1) is 16.8 Å². The first-order valence-corrected chi connectivity index (χ1v) is 11.7. The van der Waals surface area contributed by atoms with Crippen molar-refractivity contribution in [2.75, 3.05) is 16.4 Å². The highest BCUT2D eigenvalue weighted by Gasteiger charge is 2.17. The number of hydrogen-bond acceptors (Lipinski definition) is 5. The van der Waals surface area contributed by atoms with Gasteiger partial charge in [0, 0.05) is 17.9 Å². The van der Waals surface area contributed by atoms with Gasteiger partial charge in [0.25, 0.3) is 0 Å². The van der Waals surface area contributed by atoms with Crippen molar-refractivity contribution >= 4 is 35.0 Å². The number of carbonyl (C=O) groups excluding carboxylic acids is 2.